The molecule has 0 radical (unpaired) electrons. The summed E-state index contributed by atoms with van der Waals surface area (Å²) >= 11 is 0. The predicted octanol–water partition coefficient (Wildman–Crippen LogP) is 2.15. The molecule has 0 unspecified atom stereocenters. The van der Waals surface area contributed by atoms with Crippen LogP contribution in [0.4, 0.5) is 0 Å². The summed E-state index contributed by atoms with van der Waals surface area (Å²) in [6.07, 6.45) is 1.45. The number of hydrogen-bond acceptors (Lipinski definition) is 4. The van der Waals surface area contributed by atoms with Gasteiger partial charge in [0.25, 0.3) is 0 Å². The van der Waals surface area contributed by atoms with Crippen molar-refractivity contribution >= 4 is 5.97 Å². The molecule has 0 N–H and O–H groups in total. The van der Waals surface area contributed by atoms with E-state index in [1.54, 1.807) is 6.92 Å². The fraction of sp³-hybridized carbons (Fsp3) is 0.700. The van der Waals surface area contributed by atoms with Gasteiger partial charge >= 0.3 is 5.97 Å². The number of hydrogen-bond donors (Lipinski definition) is 0. The summed E-state index contributed by atoms with van der Waals surface area (Å²) in [5.41, 5.74) is 0.508. The van der Waals surface area contributed by atoms with Crippen LogP contribution in [0.2, 0.25) is 0 Å². The Bertz CT molecular complexity index is 258. The van der Waals surface area contributed by atoms with E-state index in [2.05, 4.69) is 0 Å². The van der Waals surface area contributed by atoms with E-state index in [4.69, 9.17) is 4.74 Å². The average Bonchev–Trinajstić information content (AvgIpc) is 2.00. The van der Waals surface area contributed by atoms with Crippen molar-refractivity contribution in [3.63, 3.8) is 0 Å². The summed E-state index contributed by atoms with van der Waals surface area (Å²) < 4.78 is 4.73. The zero-order valence-electron chi connectivity index (χ0n) is 9.36. The molecule has 0 aliphatic carbocycles. The van der Waals surface area contributed by atoms with Crippen LogP contribution in [0, 0.1) is 16.0 Å². The summed E-state index contributed by atoms with van der Waals surface area (Å²) in [5, 5.41) is 10.3. The lowest BCUT2D eigenvalue weighted by Gasteiger charge is -2.06. The fourth-order valence-electron chi connectivity index (χ4n) is 1.24. The molecule has 5 heteroatoms. The molecule has 0 spiro atoms. The van der Waals surface area contributed by atoms with Crippen LogP contribution < -0.4 is 0 Å². The van der Waals surface area contributed by atoms with Crippen LogP contribution in [0.25, 0.3) is 0 Å². The van der Waals surface area contributed by atoms with Gasteiger partial charge in [0.05, 0.1) is 18.0 Å². The summed E-state index contributed by atoms with van der Waals surface area (Å²) in [6, 6.07) is 0. The van der Waals surface area contributed by atoms with Crippen LogP contribution in [0.5, 0.6) is 0 Å². The summed E-state index contributed by atoms with van der Waals surface area (Å²) in [7, 11) is 0. The number of esters is 1. The van der Waals surface area contributed by atoms with Gasteiger partial charge in [-0.25, -0.2) is 0 Å². The molecule has 5 nitrogen and oxygen atoms in total. The van der Waals surface area contributed by atoms with Gasteiger partial charge in [0.2, 0.25) is 6.20 Å². The van der Waals surface area contributed by atoms with Gasteiger partial charge in [-0.1, -0.05) is 13.8 Å². The van der Waals surface area contributed by atoms with Crippen molar-refractivity contribution in [3.05, 3.63) is 21.9 Å². The van der Waals surface area contributed by atoms with Crippen LogP contribution in [-0.4, -0.2) is 17.5 Å². The third-order valence-corrected chi connectivity index (χ3v) is 1.64. The maximum absolute atomic E-state index is 11.1. The second kappa shape index (κ2) is 6.98. The van der Waals surface area contributed by atoms with Crippen molar-refractivity contribution in [2.24, 2.45) is 5.92 Å². The van der Waals surface area contributed by atoms with E-state index in [1.165, 1.54) is 0 Å². The average molecular weight is 215 g/mol. The van der Waals surface area contributed by atoms with Crippen LogP contribution in [0.15, 0.2) is 11.8 Å². The maximum Gasteiger partial charge on any atom is 0.310 e. The Morgan fingerprint density at radius 2 is 2.13 bits per heavy atom. The first-order valence-corrected chi connectivity index (χ1v) is 4.94. The van der Waals surface area contributed by atoms with Crippen molar-refractivity contribution in [2.45, 2.75) is 33.6 Å². The Balaban J connectivity index is 4.37. The SMILES string of the molecule is CCOC(=O)CC(=C[N+](=O)[O-])CC(C)C. The second-order valence-corrected chi connectivity index (χ2v) is 3.65. The monoisotopic (exact) mass is 215 g/mol. The molecule has 0 amide bonds. The number of nitrogens with zero attached hydrogens (tertiary/aromatic N) is 1. The first-order chi connectivity index (χ1) is 6.95. The lowest BCUT2D eigenvalue weighted by atomic mass is 10.0. The van der Waals surface area contributed by atoms with Gasteiger partial charge in [0, 0.05) is 5.57 Å². The lowest BCUT2D eigenvalue weighted by Crippen LogP contribution is -2.07. The molecule has 0 heterocycles. The Kier molecular flexibility index (Phi) is 6.33. The fourth-order valence-corrected chi connectivity index (χ4v) is 1.24. The Morgan fingerprint density at radius 3 is 2.53 bits per heavy atom. The summed E-state index contributed by atoms with van der Waals surface area (Å²) in [4.78, 5) is 20.9. The van der Waals surface area contributed by atoms with Crippen LogP contribution >= 0.6 is 0 Å². The maximum atomic E-state index is 11.1. The Hall–Kier alpha value is -1.39. The Labute approximate surface area is 89.3 Å². The van der Waals surface area contributed by atoms with Crippen LogP contribution in [0.3, 0.4) is 0 Å². The molecule has 0 bridgehead atoms. The van der Waals surface area contributed by atoms with Gasteiger partial charge in [-0.3, -0.25) is 14.9 Å². The van der Waals surface area contributed by atoms with Crippen molar-refractivity contribution < 1.29 is 14.5 Å². The molecule has 0 aromatic heterocycles. The van der Waals surface area contributed by atoms with Crippen molar-refractivity contribution in [2.75, 3.05) is 6.61 Å². The van der Waals surface area contributed by atoms with Crippen LogP contribution in [0.1, 0.15) is 33.6 Å². The van der Waals surface area contributed by atoms with Crippen LogP contribution in [-0.2, 0) is 9.53 Å². The lowest BCUT2D eigenvalue weighted by molar-refractivity contribution is -0.403. The van der Waals surface area contributed by atoms with Crippen molar-refractivity contribution in [1.82, 2.24) is 0 Å². The Morgan fingerprint density at radius 1 is 1.53 bits per heavy atom. The third-order valence-electron chi connectivity index (χ3n) is 1.64. The van der Waals surface area contributed by atoms with Gasteiger partial charge < -0.3 is 4.74 Å². The largest absolute Gasteiger partial charge is 0.466 e. The number of rotatable bonds is 6. The minimum absolute atomic E-state index is 0.00694. The van der Waals surface area contributed by atoms with Crippen molar-refractivity contribution in [1.29, 1.82) is 0 Å². The van der Waals surface area contributed by atoms with Crippen molar-refractivity contribution in [3.8, 4) is 0 Å². The highest BCUT2D eigenvalue weighted by Crippen LogP contribution is 2.14. The molecule has 0 fully saturated rings. The summed E-state index contributed by atoms with van der Waals surface area (Å²) in [6.45, 7) is 5.89. The number of ether oxygens (including phenoxy) is 1. The molecule has 0 aromatic carbocycles. The molecule has 0 rings (SSSR count). The van der Waals surface area contributed by atoms with E-state index in [0.29, 0.717) is 18.6 Å². The quantitative estimate of drug-likeness (QED) is 0.386. The molecular formula is C10H17NO4. The van der Waals surface area contributed by atoms with Gasteiger partial charge in [-0.05, 0) is 19.3 Å². The van der Waals surface area contributed by atoms with E-state index in [9.17, 15) is 14.9 Å². The number of nitro groups is 1. The molecule has 0 atom stereocenters. The normalized spacial score (nSPS) is 11.6. The second-order valence-electron chi connectivity index (χ2n) is 3.65. The molecule has 86 valence electrons. The number of carbonyl (C=O) groups is 1. The predicted molar refractivity (Wildman–Crippen MR) is 55.8 cm³/mol. The van der Waals surface area contributed by atoms with E-state index in [-0.39, 0.29) is 12.3 Å². The van der Waals surface area contributed by atoms with Gasteiger partial charge in [-0.15, -0.1) is 0 Å². The minimum atomic E-state index is -0.531. The first kappa shape index (κ1) is 13.6. The van der Waals surface area contributed by atoms with E-state index in [0.717, 1.165) is 6.20 Å². The van der Waals surface area contributed by atoms with Gasteiger partial charge in [-0.2, -0.15) is 0 Å². The zero-order valence-corrected chi connectivity index (χ0v) is 9.36. The molecule has 0 saturated carbocycles. The van der Waals surface area contributed by atoms with E-state index < -0.39 is 10.9 Å². The summed E-state index contributed by atoms with van der Waals surface area (Å²) in [5.74, 6) is -0.128. The molecule has 0 aliphatic rings. The molecular weight excluding hydrogens is 198 g/mol. The van der Waals surface area contributed by atoms with E-state index in [1.807, 2.05) is 13.8 Å². The van der Waals surface area contributed by atoms with Gasteiger partial charge in [0.1, 0.15) is 0 Å². The molecule has 0 saturated heterocycles. The minimum Gasteiger partial charge on any atom is -0.466 e. The molecule has 0 aromatic rings. The smallest absolute Gasteiger partial charge is 0.310 e. The van der Waals surface area contributed by atoms with E-state index >= 15 is 0 Å². The highest BCUT2D eigenvalue weighted by Gasteiger charge is 2.12. The third kappa shape index (κ3) is 7.66. The highest BCUT2D eigenvalue weighted by molar-refractivity contribution is 5.72. The number of carbonyl (C=O) groups excluding carboxylic acids is 1. The highest BCUT2D eigenvalue weighted by atomic mass is 16.6. The topological polar surface area (TPSA) is 69.4 Å². The zero-order chi connectivity index (χ0) is 11.8. The first-order valence-electron chi connectivity index (χ1n) is 4.94. The molecule has 15 heavy (non-hydrogen) atoms. The molecule has 0 aliphatic heterocycles. The standard InChI is InChI=1S/C10H17NO4/c1-4-15-10(12)6-9(5-8(2)3)7-11(13)14/h7-8H,4-6H2,1-3H3. The van der Waals surface area contributed by atoms with Gasteiger partial charge in [0.15, 0.2) is 0 Å².